The van der Waals surface area contributed by atoms with Crippen LogP contribution in [0.25, 0.3) is 0 Å². The Morgan fingerprint density at radius 2 is 1.53 bits per heavy atom. The molecule has 0 aliphatic heterocycles. The standard InChI is InChI=1S/C16H35N/c1-5-6-7-11-16(4,13-9-14-17)12-8-10-15(2)3/h15H,5-14,17H2,1-4H3. The molecule has 104 valence electrons. The van der Waals surface area contributed by atoms with E-state index in [2.05, 4.69) is 27.7 Å². The normalized spacial score (nSPS) is 15.2. The Morgan fingerprint density at radius 1 is 0.941 bits per heavy atom. The highest BCUT2D eigenvalue weighted by Gasteiger charge is 2.22. The fraction of sp³-hybridized carbons (Fsp3) is 1.00. The van der Waals surface area contributed by atoms with Gasteiger partial charge in [0.25, 0.3) is 0 Å². The van der Waals surface area contributed by atoms with E-state index in [0.717, 1.165) is 12.5 Å². The van der Waals surface area contributed by atoms with Crippen molar-refractivity contribution in [2.75, 3.05) is 6.54 Å². The third-order valence-electron chi connectivity index (χ3n) is 3.93. The molecule has 0 rings (SSSR count). The molecule has 0 fully saturated rings. The van der Waals surface area contributed by atoms with Gasteiger partial charge in [-0.3, -0.25) is 0 Å². The van der Waals surface area contributed by atoms with Gasteiger partial charge in [0.1, 0.15) is 0 Å². The minimum atomic E-state index is 0.559. The third-order valence-corrected chi connectivity index (χ3v) is 3.93. The van der Waals surface area contributed by atoms with Crippen molar-refractivity contribution in [3.8, 4) is 0 Å². The van der Waals surface area contributed by atoms with Gasteiger partial charge >= 0.3 is 0 Å². The zero-order valence-electron chi connectivity index (χ0n) is 12.7. The maximum atomic E-state index is 5.67. The molecule has 17 heavy (non-hydrogen) atoms. The molecule has 0 heterocycles. The van der Waals surface area contributed by atoms with E-state index in [1.54, 1.807) is 0 Å². The van der Waals surface area contributed by atoms with Crippen molar-refractivity contribution in [2.45, 2.75) is 85.5 Å². The second-order valence-electron chi connectivity index (χ2n) is 6.45. The van der Waals surface area contributed by atoms with Gasteiger partial charge in [-0.15, -0.1) is 0 Å². The van der Waals surface area contributed by atoms with Crippen LogP contribution in [0.3, 0.4) is 0 Å². The average molecular weight is 241 g/mol. The van der Waals surface area contributed by atoms with Crippen LogP contribution in [-0.4, -0.2) is 6.54 Å². The molecule has 0 aromatic carbocycles. The fourth-order valence-corrected chi connectivity index (χ4v) is 2.64. The molecule has 2 N–H and O–H groups in total. The van der Waals surface area contributed by atoms with Crippen molar-refractivity contribution < 1.29 is 0 Å². The first-order chi connectivity index (χ1) is 8.04. The van der Waals surface area contributed by atoms with Gasteiger partial charge in [-0.2, -0.15) is 0 Å². The van der Waals surface area contributed by atoms with Crippen LogP contribution < -0.4 is 5.73 Å². The van der Waals surface area contributed by atoms with Crippen LogP contribution in [0, 0.1) is 11.3 Å². The van der Waals surface area contributed by atoms with Crippen LogP contribution >= 0.6 is 0 Å². The first kappa shape index (κ1) is 17.0. The van der Waals surface area contributed by atoms with Gasteiger partial charge in [0.15, 0.2) is 0 Å². The Morgan fingerprint density at radius 3 is 2.06 bits per heavy atom. The molecule has 0 saturated heterocycles. The highest BCUT2D eigenvalue weighted by Crippen LogP contribution is 2.35. The first-order valence-corrected chi connectivity index (χ1v) is 7.74. The van der Waals surface area contributed by atoms with E-state index in [-0.39, 0.29) is 0 Å². The molecule has 0 spiro atoms. The Labute approximate surface area is 110 Å². The van der Waals surface area contributed by atoms with Gasteiger partial charge in [0.2, 0.25) is 0 Å². The summed E-state index contributed by atoms with van der Waals surface area (Å²) in [6.07, 6.45) is 12.2. The van der Waals surface area contributed by atoms with E-state index in [1.165, 1.54) is 57.8 Å². The van der Waals surface area contributed by atoms with E-state index in [1.807, 2.05) is 0 Å². The van der Waals surface area contributed by atoms with Crippen LogP contribution in [0.15, 0.2) is 0 Å². The molecular weight excluding hydrogens is 206 g/mol. The number of nitrogens with two attached hydrogens (primary N) is 1. The predicted molar refractivity (Wildman–Crippen MR) is 79.2 cm³/mol. The molecule has 0 bridgehead atoms. The lowest BCUT2D eigenvalue weighted by atomic mass is 9.76. The monoisotopic (exact) mass is 241 g/mol. The summed E-state index contributed by atoms with van der Waals surface area (Å²) >= 11 is 0. The van der Waals surface area contributed by atoms with E-state index < -0.39 is 0 Å². The molecular formula is C16H35N. The van der Waals surface area contributed by atoms with Gasteiger partial charge in [0.05, 0.1) is 0 Å². The number of hydrogen-bond donors (Lipinski definition) is 1. The second-order valence-corrected chi connectivity index (χ2v) is 6.45. The minimum absolute atomic E-state index is 0.559. The highest BCUT2D eigenvalue weighted by molar-refractivity contribution is 4.75. The summed E-state index contributed by atoms with van der Waals surface area (Å²) < 4.78 is 0. The molecule has 0 aromatic heterocycles. The van der Waals surface area contributed by atoms with Crippen molar-refractivity contribution in [3.63, 3.8) is 0 Å². The topological polar surface area (TPSA) is 26.0 Å². The van der Waals surface area contributed by atoms with Crippen molar-refractivity contribution in [1.29, 1.82) is 0 Å². The summed E-state index contributed by atoms with van der Waals surface area (Å²) in [5, 5.41) is 0. The van der Waals surface area contributed by atoms with Crippen molar-refractivity contribution in [3.05, 3.63) is 0 Å². The van der Waals surface area contributed by atoms with Gasteiger partial charge in [-0.05, 0) is 43.6 Å². The molecule has 1 heteroatoms. The van der Waals surface area contributed by atoms with Crippen molar-refractivity contribution in [2.24, 2.45) is 17.1 Å². The largest absolute Gasteiger partial charge is 0.330 e. The summed E-state index contributed by atoms with van der Waals surface area (Å²) in [5.74, 6) is 0.851. The molecule has 1 atom stereocenters. The van der Waals surface area contributed by atoms with E-state index >= 15 is 0 Å². The quantitative estimate of drug-likeness (QED) is 0.498. The highest BCUT2D eigenvalue weighted by atomic mass is 14.5. The van der Waals surface area contributed by atoms with E-state index in [9.17, 15) is 0 Å². The Hall–Kier alpha value is -0.0400. The fourth-order valence-electron chi connectivity index (χ4n) is 2.64. The zero-order chi connectivity index (χ0) is 13.1. The SMILES string of the molecule is CCCCCC(C)(CCCN)CCCC(C)C. The lowest BCUT2D eigenvalue weighted by molar-refractivity contribution is 0.224. The van der Waals surface area contributed by atoms with Crippen LogP contribution in [0.1, 0.15) is 85.5 Å². The number of rotatable bonds is 11. The third kappa shape index (κ3) is 9.64. The molecule has 1 unspecified atom stereocenters. The van der Waals surface area contributed by atoms with E-state index in [4.69, 9.17) is 5.73 Å². The maximum absolute atomic E-state index is 5.67. The van der Waals surface area contributed by atoms with Gasteiger partial charge in [-0.25, -0.2) is 0 Å². The van der Waals surface area contributed by atoms with Gasteiger partial charge in [-0.1, -0.05) is 59.8 Å². The average Bonchev–Trinajstić information content (AvgIpc) is 2.26. The number of hydrogen-bond acceptors (Lipinski definition) is 1. The lowest BCUT2D eigenvalue weighted by Crippen LogP contribution is -2.18. The van der Waals surface area contributed by atoms with E-state index in [0.29, 0.717) is 5.41 Å². The summed E-state index contributed by atoms with van der Waals surface area (Å²) in [6.45, 7) is 10.3. The summed E-state index contributed by atoms with van der Waals surface area (Å²) in [4.78, 5) is 0. The molecule has 0 aliphatic rings. The van der Waals surface area contributed by atoms with Gasteiger partial charge in [0, 0.05) is 0 Å². The van der Waals surface area contributed by atoms with Crippen LogP contribution in [0.5, 0.6) is 0 Å². The maximum Gasteiger partial charge on any atom is -0.00771 e. The number of unbranched alkanes of at least 4 members (excludes halogenated alkanes) is 2. The summed E-state index contributed by atoms with van der Waals surface area (Å²) in [5.41, 5.74) is 6.23. The summed E-state index contributed by atoms with van der Waals surface area (Å²) in [6, 6.07) is 0. The van der Waals surface area contributed by atoms with Crippen LogP contribution in [-0.2, 0) is 0 Å². The molecule has 1 nitrogen and oxygen atoms in total. The first-order valence-electron chi connectivity index (χ1n) is 7.74. The second kappa shape index (κ2) is 9.94. The molecule has 0 aromatic rings. The minimum Gasteiger partial charge on any atom is -0.330 e. The Bertz CT molecular complexity index is 165. The van der Waals surface area contributed by atoms with Crippen LogP contribution in [0.2, 0.25) is 0 Å². The predicted octanol–water partition coefficient (Wildman–Crippen LogP) is 5.14. The molecule has 0 amide bonds. The molecule has 0 saturated carbocycles. The molecule has 0 radical (unpaired) electrons. The van der Waals surface area contributed by atoms with Crippen molar-refractivity contribution >= 4 is 0 Å². The summed E-state index contributed by atoms with van der Waals surface area (Å²) in [7, 11) is 0. The van der Waals surface area contributed by atoms with Crippen LogP contribution in [0.4, 0.5) is 0 Å². The Balaban J connectivity index is 3.99. The smallest absolute Gasteiger partial charge is 0.00771 e. The molecule has 0 aliphatic carbocycles. The zero-order valence-corrected chi connectivity index (χ0v) is 12.7. The van der Waals surface area contributed by atoms with Crippen molar-refractivity contribution in [1.82, 2.24) is 0 Å². The lowest BCUT2D eigenvalue weighted by Gasteiger charge is -2.30. The van der Waals surface area contributed by atoms with Gasteiger partial charge < -0.3 is 5.73 Å². The Kier molecular flexibility index (Phi) is 9.91.